The summed E-state index contributed by atoms with van der Waals surface area (Å²) in [6.07, 6.45) is 2.15. The topological polar surface area (TPSA) is 3.88 Å². The van der Waals surface area contributed by atoms with Crippen LogP contribution in [0.15, 0.2) is 54.7 Å². The second kappa shape index (κ2) is 6.84. The summed E-state index contributed by atoms with van der Waals surface area (Å²) in [6.45, 7) is 13.9. The molecule has 0 atom stereocenters. The quantitative estimate of drug-likeness (QED) is 0.440. The molecule has 3 aromatic rings. The van der Waals surface area contributed by atoms with Gasteiger partial charge in [0, 0.05) is 17.7 Å². The summed E-state index contributed by atoms with van der Waals surface area (Å²) in [7, 11) is 0.670. The van der Waals surface area contributed by atoms with Crippen molar-refractivity contribution in [2.24, 2.45) is 7.05 Å². The first-order chi connectivity index (χ1) is 12.2. The molecule has 0 saturated carbocycles. The van der Waals surface area contributed by atoms with Gasteiger partial charge in [-0.15, -0.1) is 0 Å². The first-order valence-corrected chi connectivity index (χ1v) is 12.9. The van der Waals surface area contributed by atoms with Gasteiger partial charge in [0.1, 0.15) is 7.05 Å². The van der Waals surface area contributed by atoms with Gasteiger partial charge in [-0.2, -0.15) is 0 Å². The van der Waals surface area contributed by atoms with Gasteiger partial charge in [-0.3, -0.25) is 0 Å². The predicted molar refractivity (Wildman–Crippen MR) is 116 cm³/mol. The zero-order valence-corrected chi connectivity index (χ0v) is 18.1. The Bertz CT molecular complexity index is 947. The molecule has 0 bridgehead atoms. The second-order valence-electron chi connectivity index (χ2n) is 8.53. The fourth-order valence-electron chi connectivity index (χ4n) is 3.52. The van der Waals surface area contributed by atoms with Crippen LogP contribution in [0.25, 0.3) is 22.4 Å². The Hall–Kier alpha value is -2.19. The van der Waals surface area contributed by atoms with Crippen LogP contribution in [0.5, 0.6) is 0 Å². The fourth-order valence-corrected chi connectivity index (χ4v) is 5.19. The van der Waals surface area contributed by atoms with Crippen LogP contribution in [0.3, 0.4) is 0 Å². The third-order valence-electron chi connectivity index (χ3n) is 5.12. The molecule has 1 aromatic heterocycles. The molecule has 0 aliphatic heterocycles. The van der Waals surface area contributed by atoms with Crippen molar-refractivity contribution in [1.29, 1.82) is 0 Å². The highest BCUT2D eigenvalue weighted by atomic mass is 28.3. The van der Waals surface area contributed by atoms with E-state index >= 15 is 0 Å². The molecule has 1 heterocycles. The summed E-state index contributed by atoms with van der Waals surface area (Å²) in [5, 5.41) is 1.54. The highest BCUT2D eigenvalue weighted by Gasteiger charge is 2.24. The molecule has 0 aliphatic rings. The minimum absolute atomic E-state index is 1.28. The molecule has 0 radical (unpaired) electrons. The summed E-state index contributed by atoms with van der Waals surface area (Å²) in [5.74, 6) is 0. The minimum atomic E-state index is -1.46. The van der Waals surface area contributed by atoms with E-state index in [0.29, 0.717) is 0 Å². The van der Waals surface area contributed by atoms with E-state index in [9.17, 15) is 0 Å². The van der Waals surface area contributed by atoms with Gasteiger partial charge in [0.15, 0.2) is 6.20 Å². The van der Waals surface area contributed by atoms with E-state index in [4.69, 9.17) is 0 Å². The molecular formula is C24H30NSi+. The third-order valence-corrected chi connectivity index (χ3v) is 7.15. The molecule has 0 saturated heterocycles. The van der Waals surface area contributed by atoms with Crippen LogP contribution < -0.4 is 9.75 Å². The van der Waals surface area contributed by atoms with Crippen molar-refractivity contribution in [1.82, 2.24) is 0 Å². The van der Waals surface area contributed by atoms with Crippen molar-refractivity contribution in [3.05, 3.63) is 71.4 Å². The smallest absolute Gasteiger partial charge is 0.201 e. The number of nitrogens with zero attached hydrogens (tertiary/aromatic N) is 1. The SMILES string of the molecule is Cc1ccc(-c2cc(-c3cc(C)cc[n+]3C)c(C)cc2[Si](C)(C)C)cc1. The van der Waals surface area contributed by atoms with Crippen molar-refractivity contribution in [2.45, 2.75) is 40.4 Å². The van der Waals surface area contributed by atoms with E-state index in [-0.39, 0.29) is 0 Å². The lowest BCUT2D eigenvalue weighted by molar-refractivity contribution is -0.660. The van der Waals surface area contributed by atoms with Crippen molar-refractivity contribution in [3.63, 3.8) is 0 Å². The zero-order chi connectivity index (χ0) is 19.1. The second-order valence-corrected chi connectivity index (χ2v) is 13.6. The summed E-state index contributed by atoms with van der Waals surface area (Å²) >= 11 is 0. The first-order valence-electron chi connectivity index (χ1n) is 9.35. The number of hydrogen-bond donors (Lipinski definition) is 0. The Labute approximate surface area is 159 Å². The molecule has 2 heteroatoms. The van der Waals surface area contributed by atoms with Gasteiger partial charge >= 0.3 is 0 Å². The number of aryl methyl sites for hydroxylation is 4. The largest absolute Gasteiger partial charge is 0.212 e. The summed E-state index contributed by atoms with van der Waals surface area (Å²) in [5.41, 5.74) is 9.28. The number of rotatable bonds is 3. The Morgan fingerprint density at radius 3 is 2.00 bits per heavy atom. The van der Waals surface area contributed by atoms with Crippen LogP contribution in [0.2, 0.25) is 19.6 Å². The standard InChI is InChI=1S/C24H30NSi/c1-17-8-10-20(11-9-17)22-16-21(19(3)15-24(22)26(5,6)7)23-14-18(2)12-13-25(23)4/h8-16H,1-7H3/q+1. The molecular weight excluding hydrogens is 330 g/mol. The molecule has 0 fully saturated rings. The normalized spacial score (nSPS) is 11.7. The fraction of sp³-hybridized carbons (Fsp3) is 0.292. The highest BCUT2D eigenvalue weighted by Crippen LogP contribution is 2.29. The summed E-state index contributed by atoms with van der Waals surface area (Å²) in [6, 6.07) is 18.3. The molecule has 0 N–H and O–H groups in total. The van der Waals surface area contributed by atoms with Gasteiger partial charge in [-0.05, 0) is 49.1 Å². The van der Waals surface area contributed by atoms with Gasteiger partial charge in [0.05, 0.1) is 8.07 Å². The Kier molecular flexibility index (Phi) is 4.89. The Morgan fingerprint density at radius 2 is 1.38 bits per heavy atom. The average molecular weight is 361 g/mol. The summed E-state index contributed by atoms with van der Waals surface area (Å²) < 4.78 is 2.22. The van der Waals surface area contributed by atoms with E-state index in [0.717, 1.165) is 0 Å². The first kappa shape index (κ1) is 18.6. The minimum Gasteiger partial charge on any atom is -0.201 e. The Morgan fingerprint density at radius 1 is 0.731 bits per heavy atom. The van der Waals surface area contributed by atoms with E-state index in [1.54, 1.807) is 0 Å². The highest BCUT2D eigenvalue weighted by molar-refractivity contribution is 6.89. The van der Waals surface area contributed by atoms with Crippen LogP contribution in [-0.2, 0) is 7.05 Å². The average Bonchev–Trinajstić information content (AvgIpc) is 2.57. The lowest BCUT2D eigenvalue weighted by Crippen LogP contribution is -2.39. The lowest BCUT2D eigenvalue weighted by Gasteiger charge is -2.23. The van der Waals surface area contributed by atoms with E-state index in [2.05, 4.69) is 107 Å². The molecule has 1 nitrogen and oxygen atoms in total. The van der Waals surface area contributed by atoms with Gasteiger partial charge in [0.25, 0.3) is 0 Å². The molecule has 134 valence electrons. The lowest BCUT2D eigenvalue weighted by atomic mass is 9.96. The van der Waals surface area contributed by atoms with Crippen LogP contribution in [0.4, 0.5) is 0 Å². The van der Waals surface area contributed by atoms with Gasteiger partial charge < -0.3 is 0 Å². The Balaban J connectivity index is 2.30. The van der Waals surface area contributed by atoms with Crippen molar-refractivity contribution >= 4 is 13.3 Å². The van der Waals surface area contributed by atoms with Crippen LogP contribution in [0.1, 0.15) is 16.7 Å². The van der Waals surface area contributed by atoms with Crippen LogP contribution >= 0.6 is 0 Å². The predicted octanol–water partition coefficient (Wildman–Crippen LogP) is 5.32. The van der Waals surface area contributed by atoms with Gasteiger partial charge in [-0.1, -0.05) is 60.7 Å². The maximum absolute atomic E-state index is 2.44. The number of hydrogen-bond acceptors (Lipinski definition) is 0. The van der Waals surface area contributed by atoms with Gasteiger partial charge in [-0.25, -0.2) is 4.57 Å². The van der Waals surface area contributed by atoms with Gasteiger partial charge in [0.2, 0.25) is 5.69 Å². The molecule has 0 spiro atoms. The number of aromatic nitrogens is 1. The van der Waals surface area contributed by atoms with Crippen molar-refractivity contribution < 1.29 is 4.57 Å². The molecule has 0 aliphatic carbocycles. The van der Waals surface area contributed by atoms with E-state index in [1.807, 2.05) is 0 Å². The number of pyridine rings is 1. The van der Waals surface area contributed by atoms with Crippen LogP contribution in [0, 0.1) is 20.8 Å². The molecule has 2 aromatic carbocycles. The molecule has 3 rings (SSSR count). The van der Waals surface area contributed by atoms with E-state index in [1.165, 1.54) is 44.3 Å². The zero-order valence-electron chi connectivity index (χ0n) is 17.1. The van der Waals surface area contributed by atoms with Crippen molar-refractivity contribution in [3.8, 4) is 22.4 Å². The number of benzene rings is 2. The van der Waals surface area contributed by atoms with Crippen molar-refractivity contribution in [2.75, 3.05) is 0 Å². The monoisotopic (exact) mass is 360 g/mol. The molecule has 0 amide bonds. The molecule has 26 heavy (non-hydrogen) atoms. The van der Waals surface area contributed by atoms with Crippen LogP contribution in [-0.4, -0.2) is 8.07 Å². The maximum atomic E-state index is 2.44. The third kappa shape index (κ3) is 3.66. The van der Waals surface area contributed by atoms with E-state index < -0.39 is 8.07 Å². The maximum Gasteiger partial charge on any atom is 0.212 e. The molecule has 0 unspecified atom stereocenters. The summed E-state index contributed by atoms with van der Waals surface area (Å²) in [4.78, 5) is 0.